The lowest BCUT2D eigenvalue weighted by Crippen LogP contribution is -2.40. The number of aromatic nitrogens is 2. The van der Waals surface area contributed by atoms with E-state index in [-0.39, 0.29) is 24.0 Å². The third-order valence-electron chi connectivity index (χ3n) is 3.80. The Morgan fingerprint density at radius 3 is 2.61 bits per heavy atom. The fourth-order valence-corrected chi connectivity index (χ4v) is 3.07. The summed E-state index contributed by atoms with van der Waals surface area (Å²) in [5, 5.41) is 7.53. The van der Waals surface area contributed by atoms with E-state index < -0.39 is 0 Å². The maximum atomic E-state index is 4.81. The molecule has 1 aromatic heterocycles. The van der Waals surface area contributed by atoms with Gasteiger partial charge in [-0.05, 0) is 49.9 Å². The number of guanidine groups is 1. The minimum Gasteiger partial charge on any atom is -0.343 e. The zero-order chi connectivity index (χ0) is 15.2. The number of anilines is 1. The number of aryl methyl sites for hydroxylation is 1. The summed E-state index contributed by atoms with van der Waals surface area (Å²) < 4.78 is 3.98. The van der Waals surface area contributed by atoms with Gasteiger partial charge in [0.25, 0.3) is 0 Å². The van der Waals surface area contributed by atoms with Gasteiger partial charge in [-0.15, -0.1) is 29.1 Å². The van der Waals surface area contributed by atoms with E-state index in [2.05, 4.69) is 31.9 Å². The summed E-state index contributed by atoms with van der Waals surface area (Å²) in [6.45, 7) is 4.76. The van der Waals surface area contributed by atoms with Crippen molar-refractivity contribution in [2.75, 3.05) is 18.4 Å². The second kappa shape index (κ2) is 9.17. The molecular formula is C16H22IN5S. The molecule has 23 heavy (non-hydrogen) atoms. The van der Waals surface area contributed by atoms with Crippen LogP contribution in [0.4, 0.5) is 5.69 Å². The monoisotopic (exact) mass is 443 g/mol. The number of nitrogens with one attached hydrogen (secondary N) is 1. The van der Waals surface area contributed by atoms with Gasteiger partial charge >= 0.3 is 0 Å². The number of hydrogen-bond donors (Lipinski definition) is 1. The molecule has 3 rings (SSSR count). The van der Waals surface area contributed by atoms with Crippen LogP contribution in [-0.2, 0) is 6.54 Å². The van der Waals surface area contributed by atoms with Gasteiger partial charge in [0.1, 0.15) is 0 Å². The van der Waals surface area contributed by atoms with Crippen LogP contribution in [0.2, 0.25) is 0 Å². The van der Waals surface area contributed by atoms with Crippen LogP contribution in [0.25, 0.3) is 0 Å². The molecule has 0 atom stereocenters. The van der Waals surface area contributed by atoms with E-state index in [1.165, 1.54) is 30.8 Å². The molecule has 1 fully saturated rings. The van der Waals surface area contributed by atoms with Crippen molar-refractivity contribution in [3.63, 3.8) is 0 Å². The summed E-state index contributed by atoms with van der Waals surface area (Å²) in [6, 6.07) is 10.2. The van der Waals surface area contributed by atoms with Gasteiger partial charge in [-0.2, -0.15) is 0 Å². The molecule has 0 aliphatic carbocycles. The fourth-order valence-electron chi connectivity index (χ4n) is 2.52. The smallest absolute Gasteiger partial charge is 0.198 e. The van der Waals surface area contributed by atoms with E-state index in [1.54, 1.807) is 0 Å². The average Bonchev–Trinajstić information content (AvgIpc) is 2.98. The molecule has 0 saturated carbocycles. The predicted octanol–water partition coefficient (Wildman–Crippen LogP) is 3.92. The molecule has 2 heterocycles. The highest BCUT2D eigenvalue weighted by Crippen LogP contribution is 2.15. The van der Waals surface area contributed by atoms with E-state index in [0.717, 1.165) is 35.3 Å². The fraction of sp³-hybridized carbons (Fsp3) is 0.438. The zero-order valence-electron chi connectivity index (χ0n) is 13.2. The second-order valence-electron chi connectivity index (χ2n) is 5.46. The molecule has 2 aromatic rings. The first-order valence-electron chi connectivity index (χ1n) is 7.72. The summed E-state index contributed by atoms with van der Waals surface area (Å²) >= 11 is 1.43. The Labute approximate surface area is 158 Å². The molecule has 1 saturated heterocycles. The highest BCUT2D eigenvalue weighted by molar-refractivity contribution is 14.0. The Balaban J connectivity index is 0.00000192. The van der Waals surface area contributed by atoms with Crippen molar-refractivity contribution >= 4 is 47.2 Å². The van der Waals surface area contributed by atoms with Gasteiger partial charge in [-0.1, -0.05) is 22.7 Å². The van der Waals surface area contributed by atoms with Crippen LogP contribution in [0.15, 0.2) is 35.3 Å². The van der Waals surface area contributed by atoms with E-state index >= 15 is 0 Å². The Kier molecular flexibility index (Phi) is 7.22. The largest absolute Gasteiger partial charge is 0.343 e. The zero-order valence-corrected chi connectivity index (χ0v) is 16.4. The van der Waals surface area contributed by atoms with Gasteiger partial charge in [-0.3, -0.25) is 0 Å². The number of hydrogen-bond acceptors (Lipinski definition) is 4. The van der Waals surface area contributed by atoms with Crippen molar-refractivity contribution in [2.45, 2.75) is 32.7 Å². The maximum absolute atomic E-state index is 4.81. The molecule has 1 aromatic carbocycles. The van der Waals surface area contributed by atoms with Crippen LogP contribution in [0.1, 0.15) is 29.8 Å². The third-order valence-corrected chi connectivity index (χ3v) is 4.61. The number of likely N-dealkylation sites (tertiary alicyclic amines) is 1. The quantitative estimate of drug-likeness (QED) is 0.444. The van der Waals surface area contributed by atoms with Crippen LogP contribution in [0, 0.1) is 6.92 Å². The summed E-state index contributed by atoms with van der Waals surface area (Å²) in [5.74, 6) is 0.957. The number of benzene rings is 1. The van der Waals surface area contributed by atoms with Crippen LogP contribution in [0.5, 0.6) is 0 Å². The van der Waals surface area contributed by atoms with E-state index in [0.29, 0.717) is 6.54 Å². The van der Waals surface area contributed by atoms with E-state index in [1.807, 2.05) is 25.1 Å². The Morgan fingerprint density at radius 2 is 1.96 bits per heavy atom. The lowest BCUT2D eigenvalue weighted by molar-refractivity contribution is 0.340. The molecular weight excluding hydrogens is 421 g/mol. The van der Waals surface area contributed by atoms with Crippen molar-refractivity contribution in [1.82, 2.24) is 14.5 Å². The van der Waals surface area contributed by atoms with Gasteiger partial charge in [-0.25, -0.2) is 4.99 Å². The van der Waals surface area contributed by atoms with Crippen molar-refractivity contribution < 1.29 is 0 Å². The average molecular weight is 443 g/mol. The molecule has 0 unspecified atom stereocenters. The molecule has 7 heteroatoms. The van der Waals surface area contributed by atoms with Crippen LogP contribution < -0.4 is 5.32 Å². The first kappa shape index (κ1) is 18.1. The molecule has 0 amide bonds. The number of halogens is 1. The molecule has 1 N–H and O–H groups in total. The summed E-state index contributed by atoms with van der Waals surface area (Å²) in [4.78, 5) is 8.28. The molecule has 0 bridgehead atoms. The SMILES string of the molecule is Cc1nnsc1CN=C(Nc1ccccc1)N1CCCCC1.I. The van der Waals surface area contributed by atoms with E-state index in [9.17, 15) is 0 Å². The Hall–Kier alpha value is -1.22. The molecule has 5 nitrogen and oxygen atoms in total. The van der Waals surface area contributed by atoms with Crippen LogP contribution in [-0.4, -0.2) is 33.5 Å². The molecule has 0 radical (unpaired) electrons. The Bertz CT molecular complexity index is 622. The highest BCUT2D eigenvalue weighted by Gasteiger charge is 2.15. The van der Waals surface area contributed by atoms with Crippen molar-refractivity contribution in [1.29, 1.82) is 0 Å². The number of nitrogens with zero attached hydrogens (tertiary/aromatic N) is 4. The second-order valence-corrected chi connectivity index (χ2v) is 6.30. The number of rotatable bonds is 3. The van der Waals surface area contributed by atoms with Crippen LogP contribution >= 0.6 is 35.5 Å². The first-order valence-corrected chi connectivity index (χ1v) is 8.49. The Morgan fingerprint density at radius 1 is 1.22 bits per heavy atom. The highest BCUT2D eigenvalue weighted by atomic mass is 127. The molecule has 124 valence electrons. The maximum Gasteiger partial charge on any atom is 0.198 e. The topological polar surface area (TPSA) is 53.4 Å². The number of para-hydroxylation sites is 1. The predicted molar refractivity (Wildman–Crippen MR) is 107 cm³/mol. The van der Waals surface area contributed by atoms with Crippen molar-refractivity contribution in [3.05, 3.63) is 40.9 Å². The molecule has 1 aliphatic rings. The van der Waals surface area contributed by atoms with Gasteiger partial charge < -0.3 is 10.2 Å². The summed E-state index contributed by atoms with van der Waals surface area (Å²) in [5.41, 5.74) is 2.05. The van der Waals surface area contributed by atoms with E-state index in [4.69, 9.17) is 4.99 Å². The lowest BCUT2D eigenvalue weighted by Gasteiger charge is -2.30. The normalized spacial score (nSPS) is 15.2. The van der Waals surface area contributed by atoms with Gasteiger partial charge in [0.2, 0.25) is 0 Å². The lowest BCUT2D eigenvalue weighted by atomic mass is 10.1. The minimum absolute atomic E-state index is 0. The summed E-state index contributed by atoms with van der Waals surface area (Å²) in [7, 11) is 0. The van der Waals surface area contributed by atoms with Crippen molar-refractivity contribution in [3.8, 4) is 0 Å². The first-order chi connectivity index (χ1) is 10.8. The summed E-state index contributed by atoms with van der Waals surface area (Å²) in [6.07, 6.45) is 3.78. The number of aliphatic imine (C=N–C) groups is 1. The molecule has 0 spiro atoms. The molecule has 1 aliphatic heterocycles. The van der Waals surface area contributed by atoms with Crippen molar-refractivity contribution in [2.24, 2.45) is 4.99 Å². The third kappa shape index (κ3) is 5.13. The van der Waals surface area contributed by atoms with Gasteiger partial charge in [0, 0.05) is 18.8 Å². The standard InChI is InChI=1S/C16H21N5S.HI/c1-13-15(22-20-19-13)12-17-16(21-10-6-3-7-11-21)18-14-8-4-2-5-9-14;/h2,4-5,8-9H,3,6-7,10-12H2,1H3,(H,17,18);1H. The van der Waals surface area contributed by atoms with Gasteiger partial charge in [0.15, 0.2) is 5.96 Å². The number of piperidine rings is 1. The van der Waals surface area contributed by atoms with Crippen LogP contribution in [0.3, 0.4) is 0 Å². The minimum atomic E-state index is 0. The van der Waals surface area contributed by atoms with Gasteiger partial charge in [0.05, 0.1) is 17.1 Å².